The van der Waals surface area contributed by atoms with Crippen LogP contribution in [-0.4, -0.2) is 53.7 Å². The van der Waals surface area contributed by atoms with Crippen molar-refractivity contribution >= 4 is 5.82 Å². The molecule has 0 saturated carbocycles. The largest absolute Gasteiger partial charge is 0.491 e. The fourth-order valence-electron chi connectivity index (χ4n) is 3.07. The first-order chi connectivity index (χ1) is 12.2. The van der Waals surface area contributed by atoms with Gasteiger partial charge >= 0.3 is 0 Å². The van der Waals surface area contributed by atoms with Crippen molar-refractivity contribution in [2.45, 2.75) is 31.9 Å². The minimum atomic E-state index is -0.535. The van der Waals surface area contributed by atoms with Crippen LogP contribution in [0, 0.1) is 6.92 Å². The minimum absolute atomic E-state index is 0.289. The maximum atomic E-state index is 10.2. The fraction of sp³-hybridized carbons (Fsp3) is 0.474. The third kappa shape index (κ3) is 5.41. The van der Waals surface area contributed by atoms with E-state index in [2.05, 4.69) is 20.4 Å². The number of hydrogen-bond acceptors (Lipinski definition) is 6. The van der Waals surface area contributed by atoms with E-state index in [1.807, 2.05) is 43.3 Å². The molecule has 0 aliphatic carbocycles. The van der Waals surface area contributed by atoms with Crippen LogP contribution in [0.25, 0.3) is 0 Å². The van der Waals surface area contributed by atoms with Gasteiger partial charge in [-0.2, -0.15) is 5.10 Å². The van der Waals surface area contributed by atoms with Crippen molar-refractivity contribution in [3.8, 4) is 5.75 Å². The Hall–Kier alpha value is -2.18. The van der Waals surface area contributed by atoms with Gasteiger partial charge in [-0.25, -0.2) is 0 Å². The van der Waals surface area contributed by atoms with E-state index in [0.717, 1.165) is 43.1 Å². The van der Waals surface area contributed by atoms with Gasteiger partial charge in [-0.3, -0.25) is 0 Å². The van der Waals surface area contributed by atoms with Crippen LogP contribution >= 0.6 is 0 Å². The van der Waals surface area contributed by atoms with Crippen molar-refractivity contribution in [3.63, 3.8) is 0 Å². The van der Waals surface area contributed by atoms with Crippen molar-refractivity contribution in [3.05, 3.63) is 48.2 Å². The molecule has 2 aromatic rings. The number of nitrogens with one attached hydrogen (secondary N) is 1. The summed E-state index contributed by atoms with van der Waals surface area (Å²) in [4.78, 5) is 2.24. The van der Waals surface area contributed by atoms with E-state index in [0.29, 0.717) is 12.6 Å². The second-order valence-electron chi connectivity index (χ2n) is 6.56. The van der Waals surface area contributed by atoms with Crippen LogP contribution in [0.4, 0.5) is 5.82 Å². The molecule has 6 heteroatoms. The zero-order valence-corrected chi connectivity index (χ0v) is 14.6. The molecule has 0 radical (unpaired) electrons. The molecule has 3 rings (SSSR count). The van der Waals surface area contributed by atoms with E-state index in [-0.39, 0.29) is 6.61 Å². The molecule has 1 fully saturated rings. The topological polar surface area (TPSA) is 70.5 Å². The minimum Gasteiger partial charge on any atom is -0.491 e. The molecule has 6 nitrogen and oxygen atoms in total. The molecule has 2 atom stereocenters. The van der Waals surface area contributed by atoms with E-state index in [1.54, 1.807) is 6.20 Å². The SMILES string of the molecule is Cc1cccc(OC[C@@H](O)CN[C@@H]2CCCN(c3cccnn3)C2)c1. The van der Waals surface area contributed by atoms with Crippen LogP contribution in [0.5, 0.6) is 5.75 Å². The Morgan fingerprint density at radius 1 is 1.36 bits per heavy atom. The molecule has 2 N–H and O–H groups in total. The van der Waals surface area contributed by atoms with Crippen LogP contribution in [0.15, 0.2) is 42.6 Å². The molecule has 134 valence electrons. The summed E-state index contributed by atoms with van der Waals surface area (Å²) in [6, 6.07) is 12.1. The molecule has 0 amide bonds. The normalized spacial score (nSPS) is 18.8. The lowest BCUT2D eigenvalue weighted by Crippen LogP contribution is -2.48. The second-order valence-corrected chi connectivity index (χ2v) is 6.56. The number of aryl methyl sites for hydroxylation is 1. The third-order valence-corrected chi connectivity index (χ3v) is 4.38. The molecule has 1 aliphatic rings. The first-order valence-corrected chi connectivity index (χ1v) is 8.84. The Balaban J connectivity index is 1.41. The molecular weight excluding hydrogens is 316 g/mol. The van der Waals surface area contributed by atoms with Crippen LogP contribution in [0.3, 0.4) is 0 Å². The Morgan fingerprint density at radius 3 is 3.08 bits per heavy atom. The van der Waals surface area contributed by atoms with Crippen molar-refractivity contribution in [1.29, 1.82) is 0 Å². The van der Waals surface area contributed by atoms with Gasteiger partial charge in [0.1, 0.15) is 18.5 Å². The van der Waals surface area contributed by atoms with Crippen molar-refractivity contribution < 1.29 is 9.84 Å². The van der Waals surface area contributed by atoms with Gasteiger partial charge in [0.15, 0.2) is 5.82 Å². The quantitative estimate of drug-likeness (QED) is 0.799. The zero-order chi connectivity index (χ0) is 17.5. The number of rotatable bonds is 7. The highest BCUT2D eigenvalue weighted by Gasteiger charge is 2.21. The van der Waals surface area contributed by atoms with E-state index in [9.17, 15) is 5.11 Å². The lowest BCUT2D eigenvalue weighted by molar-refractivity contribution is 0.103. The number of aliphatic hydroxyl groups is 1. The molecule has 0 unspecified atom stereocenters. The highest BCUT2D eigenvalue weighted by atomic mass is 16.5. The van der Waals surface area contributed by atoms with E-state index < -0.39 is 6.10 Å². The number of nitrogens with zero attached hydrogens (tertiary/aromatic N) is 3. The summed E-state index contributed by atoms with van der Waals surface area (Å²) >= 11 is 0. The summed E-state index contributed by atoms with van der Waals surface area (Å²) in [5.41, 5.74) is 1.15. The summed E-state index contributed by atoms with van der Waals surface area (Å²) in [6.45, 7) is 4.71. The van der Waals surface area contributed by atoms with Crippen LogP contribution in [-0.2, 0) is 0 Å². The summed E-state index contributed by atoms with van der Waals surface area (Å²) in [5, 5.41) is 21.7. The van der Waals surface area contributed by atoms with Crippen molar-refractivity contribution in [2.24, 2.45) is 0 Å². The van der Waals surface area contributed by atoms with Gasteiger partial charge < -0.3 is 20.1 Å². The molecule has 0 bridgehead atoms. The molecule has 1 aromatic carbocycles. The highest BCUT2D eigenvalue weighted by molar-refractivity contribution is 5.37. The van der Waals surface area contributed by atoms with Gasteiger partial charge in [0.05, 0.1) is 0 Å². The predicted molar refractivity (Wildman–Crippen MR) is 98.0 cm³/mol. The Morgan fingerprint density at radius 2 is 2.28 bits per heavy atom. The van der Waals surface area contributed by atoms with Crippen LogP contribution in [0.1, 0.15) is 18.4 Å². The highest BCUT2D eigenvalue weighted by Crippen LogP contribution is 2.17. The lowest BCUT2D eigenvalue weighted by Gasteiger charge is -2.34. The fourth-order valence-corrected chi connectivity index (χ4v) is 3.07. The molecular formula is C19H26N4O2. The Bertz CT molecular complexity index is 653. The Kier molecular flexibility index (Phi) is 6.19. The number of piperidine rings is 1. The number of benzene rings is 1. The standard InChI is InChI=1S/C19H26N4O2/c1-15-5-2-7-18(11-15)25-14-17(24)12-20-16-6-4-10-23(13-16)19-8-3-9-21-22-19/h2-3,5,7-9,11,16-17,20,24H,4,6,10,12-14H2,1H3/t16-,17+/m1/s1. The molecule has 1 saturated heterocycles. The van der Waals surface area contributed by atoms with Crippen LogP contribution in [0.2, 0.25) is 0 Å². The number of hydrogen-bond donors (Lipinski definition) is 2. The third-order valence-electron chi connectivity index (χ3n) is 4.38. The first-order valence-electron chi connectivity index (χ1n) is 8.84. The van der Waals surface area contributed by atoms with Gasteiger partial charge in [0, 0.05) is 31.9 Å². The number of aliphatic hydroxyl groups excluding tert-OH is 1. The average molecular weight is 342 g/mol. The van der Waals surface area contributed by atoms with Gasteiger partial charge in [0.2, 0.25) is 0 Å². The maximum absolute atomic E-state index is 10.2. The van der Waals surface area contributed by atoms with E-state index in [1.165, 1.54) is 0 Å². The average Bonchev–Trinajstić information content (AvgIpc) is 2.66. The number of aromatic nitrogens is 2. The zero-order valence-electron chi connectivity index (χ0n) is 14.6. The molecule has 1 aliphatic heterocycles. The summed E-state index contributed by atoms with van der Waals surface area (Å²) in [5.74, 6) is 1.71. The summed E-state index contributed by atoms with van der Waals surface area (Å²) < 4.78 is 5.66. The number of anilines is 1. The monoisotopic (exact) mass is 342 g/mol. The second kappa shape index (κ2) is 8.78. The maximum Gasteiger partial charge on any atom is 0.151 e. The Labute approximate surface area is 148 Å². The first kappa shape index (κ1) is 17.6. The lowest BCUT2D eigenvalue weighted by atomic mass is 10.1. The number of ether oxygens (including phenoxy) is 1. The van der Waals surface area contributed by atoms with E-state index in [4.69, 9.17) is 4.74 Å². The summed E-state index contributed by atoms with van der Waals surface area (Å²) in [7, 11) is 0. The van der Waals surface area contributed by atoms with Gasteiger partial charge in [-0.15, -0.1) is 5.10 Å². The van der Waals surface area contributed by atoms with E-state index >= 15 is 0 Å². The van der Waals surface area contributed by atoms with Crippen LogP contribution < -0.4 is 15.0 Å². The van der Waals surface area contributed by atoms with Gasteiger partial charge in [-0.1, -0.05) is 12.1 Å². The van der Waals surface area contributed by atoms with Gasteiger partial charge in [0.25, 0.3) is 0 Å². The predicted octanol–water partition coefficient (Wildman–Crippen LogP) is 1.78. The summed E-state index contributed by atoms with van der Waals surface area (Å²) in [6.07, 6.45) is 3.35. The van der Waals surface area contributed by atoms with Gasteiger partial charge in [-0.05, 0) is 49.6 Å². The smallest absolute Gasteiger partial charge is 0.151 e. The molecule has 25 heavy (non-hydrogen) atoms. The molecule has 2 heterocycles. The molecule has 0 spiro atoms. The van der Waals surface area contributed by atoms with Crippen molar-refractivity contribution in [2.75, 3.05) is 31.1 Å². The molecule has 1 aromatic heterocycles. The van der Waals surface area contributed by atoms with Crippen molar-refractivity contribution in [1.82, 2.24) is 15.5 Å².